The number of alkyl halides is 1. The summed E-state index contributed by atoms with van der Waals surface area (Å²) in [6.07, 6.45) is 12.3. The van der Waals surface area contributed by atoms with Crippen molar-refractivity contribution in [2.45, 2.75) is 102 Å². The van der Waals surface area contributed by atoms with Crippen molar-refractivity contribution < 1.29 is 18.7 Å². The first-order valence-corrected chi connectivity index (χ1v) is 12.0. The fourth-order valence-electron chi connectivity index (χ4n) is 4.66. The Bertz CT molecular complexity index is 616. The number of halogens is 1. The number of esters is 1. The van der Waals surface area contributed by atoms with Gasteiger partial charge in [-0.2, -0.15) is 0 Å². The Kier molecular flexibility index (Phi) is 9.48. The second-order valence-electron chi connectivity index (χ2n) is 9.06. The van der Waals surface area contributed by atoms with Gasteiger partial charge in [0.2, 0.25) is 0 Å². The first-order valence-electron chi connectivity index (χ1n) is 12.0. The lowest BCUT2D eigenvalue weighted by atomic mass is 9.84. The lowest BCUT2D eigenvalue weighted by Gasteiger charge is -2.28. The molecule has 1 radical (unpaired) electrons. The average molecular weight is 418 g/mol. The zero-order valence-electron chi connectivity index (χ0n) is 18.5. The van der Waals surface area contributed by atoms with Gasteiger partial charge in [-0.3, -0.25) is 0 Å². The average Bonchev–Trinajstić information content (AvgIpc) is 2.79. The highest BCUT2D eigenvalue weighted by Gasteiger charge is 2.27. The van der Waals surface area contributed by atoms with Crippen molar-refractivity contribution in [1.29, 1.82) is 0 Å². The maximum Gasteiger partial charge on any atom is 0.340 e. The third-order valence-electron chi connectivity index (χ3n) is 6.67. The molecule has 0 spiro atoms. The molecule has 1 atom stereocenters. The van der Waals surface area contributed by atoms with Gasteiger partial charge in [-0.05, 0) is 100 Å². The molecule has 1 aromatic rings. The number of hydrogen-bond donors (Lipinski definition) is 0. The van der Waals surface area contributed by atoms with Gasteiger partial charge in [0, 0.05) is 0 Å². The summed E-state index contributed by atoms with van der Waals surface area (Å²) in [5, 5.41) is 0. The van der Waals surface area contributed by atoms with Crippen LogP contribution in [-0.4, -0.2) is 24.9 Å². The van der Waals surface area contributed by atoms with E-state index in [0.29, 0.717) is 18.4 Å². The molecule has 4 heteroatoms. The Labute approximate surface area is 181 Å². The van der Waals surface area contributed by atoms with E-state index < -0.39 is 12.1 Å². The first kappa shape index (κ1) is 23.1. The van der Waals surface area contributed by atoms with Crippen LogP contribution in [0.4, 0.5) is 4.39 Å². The molecule has 0 saturated heterocycles. The molecule has 3 nitrogen and oxygen atoms in total. The van der Waals surface area contributed by atoms with Crippen LogP contribution in [-0.2, 0) is 9.53 Å². The molecular weight excluding hydrogens is 379 g/mol. The molecule has 30 heavy (non-hydrogen) atoms. The van der Waals surface area contributed by atoms with Gasteiger partial charge >= 0.3 is 5.97 Å². The van der Waals surface area contributed by atoms with Crippen LogP contribution in [0, 0.1) is 12.3 Å². The Morgan fingerprint density at radius 1 is 1.03 bits per heavy atom. The third-order valence-corrected chi connectivity index (χ3v) is 6.67. The standard InChI is InChI=1S/C26H38FO3/c1-2-3-5-10-25(27)26(28)30-24-15-11-20(12-16-24)19-29-23-17-13-22(14-18-23)21-8-6-4-7-9-21/h4,13-14,17-18,20-21,24-25H,2-3,5-12,15-16,19H2,1H3/t20?,24?,25-/m0/s1. The predicted octanol–water partition coefficient (Wildman–Crippen LogP) is 6.95. The number of carbonyl (C=O) groups excluding carboxylic acids is 1. The summed E-state index contributed by atoms with van der Waals surface area (Å²) >= 11 is 0. The summed E-state index contributed by atoms with van der Waals surface area (Å²) in [5.74, 6) is 1.43. The largest absolute Gasteiger partial charge is 0.493 e. The van der Waals surface area contributed by atoms with Gasteiger partial charge in [-0.25, -0.2) is 9.18 Å². The normalized spacial score (nSPS) is 23.7. The first-order chi connectivity index (χ1) is 14.7. The number of unbranched alkanes of at least 4 members (excludes halogenated alkanes) is 2. The van der Waals surface area contributed by atoms with Gasteiger partial charge in [-0.1, -0.05) is 31.9 Å². The fraction of sp³-hybridized carbons (Fsp3) is 0.692. The SMILES string of the molecule is CCCCC[C@H](F)C(=O)OC1CCC(COc2ccc(C3CC[CH]CC3)cc2)CC1. The van der Waals surface area contributed by atoms with Crippen LogP contribution >= 0.6 is 0 Å². The summed E-state index contributed by atoms with van der Waals surface area (Å²) in [6, 6.07) is 8.63. The Morgan fingerprint density at radius 3 is 2.40 bits per heavy atom. The number of ether oxygens (including phenoxy) is 2. The molecule has 2 fully saturated rings. The molecule has 167 valence electrons. The highest BCUT2D eigenvalue weighted by atomic mass is 19.1. The number of benzene rings is 1. The van der Waals surface area contributed by atoms with Crippen LogP contribution in [0.5, 0.6) is 5.75 Å². The summed E-state index contributed by atoms with van der Waals surface area (Å²) in [4.78, 5) is 11.9. The van der Waals surface area contributed by atoms with Crippen molar-refractivity contribution in [3.63, 3.8) is 0 Å². The molecule has 2 saturated carbocycles. The zero-order valence-corrected chi connectivity index (χ0v) is 18.5. The molecule has 2 aliphatic carbocycles. The van der Waals surface area contributed by atoms with Crippen LogP contribution in [0.15, 0.2) is 24.3 Å². The minimum atomic E-state index is -1.47. The molecular formula is C26H38FO3. The van der Waals surface area contributed by atoms with E-state index in [2.05, 4.69) is 37.6 Å². The van der Waals surface area contributed by atoms with E-state index in [4.69, 9.17) is 9.47 Å². The van der Waals surface area contributed by atoms with E-state index in [-0.39, 0.29) is 12.5 Å². The highest BCUT2D eigenvalue weighted by Crippen LogP contribution is 2.33. The minimum absolute atomic E-state index is 0.134. The Morgan fingerprint density at radius 2 is 1.73 bits per heavy atom. The van der Waals surface area contributed by atoms with Gasteiger partial charge in [0.25, 0.3) is 0 Å². The lowest BCUT2D eigenvalue weighted by Crippen LogP contribution is -2.30. The smallest absolute Gasteiger partial charge is 0.340 e. The summed E-state index contributed by atoms with van der Waals surface area (Å²) in [5.41, 5.74) is 1.43. The fourth-order valence-corrected chi connectivity index (χ4v) is 4.66. The molecule has 3 rings (SSSR count). The van der Waals surface area contributed by atoms with Crippen molar-refractivity contribution in [3.05, 3.63) is 36.2 Å². The van der Waals surface area contributed by atoms with Gasteiger partial charge in [0.05, 0.1) is 6.61 Å². The quantitative estimate of drug-likeness (QED) is 0.305. The second-order valence-corrected chi connectivity index (χ2v) is 9.06. The van der Waals surface area contributed by atoms with E-state index in [1.54, 1.807) is 0 Å². The molecule has 0 N–H and O–H groups in total. The van der Waals surface area contributed by atoms with Crippen molar-refractivity contribution in [2.24, 2.45) is 5.92 Å². The molecule has 0 bridgehead atoms. The summed E-state index contributed by atoms with van der Waals surface area (Å²) in [7, 11) is 0. The highest BCUT2D eigenvalue weighted by molar-refractivity contribution is 5.74. The zero-order chi connectivity index (χ0) is 21.2. The van der Waals surface area contributed by atoms with Crippen LogP contribution in [0.2, 0.25) is 0 Å². The van der Waals surface area contributed by atoms with Crippen molar-refractivity contribution in [1.82, 2.24) is 0 Å². The van der Waals surface area contributed by atoms with E-state index in [9.17, 15) is 9.18 Å². The number of carbonyl (C=O) groups is 1. The monoisotopic (exact) mass is 417 g/mol. The second kappa shape index (κ2) is 12.3. The van der Waals surface area contributed by atoms with Crippen molar-refractivity contribution in [2.75, 3.05) is 6.61 Å². The van der Waals surface area contributed by atoms with Crippen LogP contribution in [0.1, 0.15) is 95.5 Å². The maximum absolute atomic E-state index is 13.9. The van der Waals surface area contributed by atoms with Crippen molar-refractivity contribution in [3.8, 4) is 5.75 Å². The number of hydrogen-bond acceptors (Lipinski definition) is 3. The maximum atomic E-state index is 13.9. The van der Waals surface area contributed by atoms with E-state index in [0.717, 1.165) is 50.7 Å². The Balaban J connectivity index is 1.33. The minimum Gasteiger partial charge on any atom is -0.493 e. The molecule has 0 amide bonds. The summed E-state index contributed by atoms with van der Waals surface area (Å²) < 4.78 is 25.3. The van der Waals surface area contributed by atoms with Gasteiger partial charge in [-0.15, -0.1) is 0 Å². The molecule has 0 heterocycles. The molecule has 0 unspecified atom stereocenters. The molecule has 0 aliphatic heterocycles. The van der Waals surface area contributed by atoms with Crippen molar-refractivity contribution >= 4 is 5.97 Å². The van der Waals surface area contributed by atoms with Gasteiger partial charge in [0.1, 0.15) is 11.9 Å². The van der Waals surface area contributed by atoms with Gasteiger partial charge < -0.3 is 9.47 Å². The van der Waals surface area contributed by atoms with Crippen LogP contribution < -0.4 is 4.74 Å². The molecule has 2 aliphatic rings. The lowest BCUT2D eigenvalue weighted by molar-refractivity contribution is -0.157. The molecule has 1 aromatic carbocycles. The van der Waals surface area contributed by atoms with E-state index in [1.165, 1.54) is 31.2 Å². The summed E-state index contributed by atoms with van der Waals surface area (Å²) in [6.45, 7) is 2.76. The topological polar surface area (TPSA) is 35.5 Å². The van der Waals surface area contributed by atoms with E-state index in [1.807, 2.05) is 0 Å². The van der Waals surface area contributed by atoms with Gasteiger partial charge in [0.15, 0.2) is 6.17 Å². The van der Waals surface area contributed by atoms with Crippen LogP contribution in [0.25, 0.3) is 0 Å². The third kappa shape index (κ3) is 7.28. The molecule has 0 aromatic heterocycles. The number of rotatable bonds is 10. The van der Waals surface area contributed by atoms with Crippen LogP contribution in [0.3, 0.4) is 0 Å². The Hall–Kier alpha value is -1.58. The van der Waals surface area contributed by atoms with E-state index >= 15 is 0 Å². The predicted molar refractivity (Wildman–Crippen MR) is 118 cm³/mol.